The lowest BCUT2D eigenvalue weighted by Gasteiger charge is -2.09. The van der Waals surface area contributed by atoms with E-state index in [2.05, 4.69) is 13.8 Å². The van der Waals surface area contributed by atoms with E-state index in [1.165, 1.54) is 77.0 Å². The molecule has 0 radical (unpaired) electrons. The van der Waals surface area contributed by atoms with Gasteiger partial charge in [-0.25, -0.2) is 12.5 Å². The number of rotatable bonds is 22. The topological polar surface area (TPSA) is 55.8 Å². The van der Waals surface area contributed by atoms with Crippen molar-refractivity contribution in [3.05, 3.63) is 0 Å². The third kappa shape index (κ3) is 23.0. The average Bonchev–Trinajstić information content (AvgIpc) is 2.64. The summed E-state index contributed by atoms with van der Waals surface area (Å²) in [6, 6.07) is 0. The highest BCUT2D eigenvalue weighted by molar-refractivity contribution is 8.01. The first-order valence-electron chi connectivity index (χ1n) is 11.1. The normalized spacial score (nSPS) is 12.0. The monoisotopic (exact) mass is 442 g/mol. The first-order chi connectivity index (χ1) is 13.1. The van der Waals surface area contributed by atoms with Crippen LogP contribution in [0.15, 0.2) is 0 Å². The highest BCUT2D eigenvalue weighted by atomic mass is 32.2. The van der Waals surface area contributed by atoms with E-state index in [0.29, 0.717) is 0 Å². The predicted molar refractivity (Wildman–Crippen MR) is 122 cm³/mol. The molecule has 0 aromatic rings. The van der Waals surface area contributed by atoms with Crippen LogP contribution in [-0.4, -0.2) is 16.4 Å². The van der Waals surface area contributed by atoms with Crippen molar-refractivity contribution < 1.29 is 17.4 Å². The van der Waals surface area contributed by atoms with Crippen LogP contribution in [0.1, 0.15) is 117 Å². The Morgan fingerprint density at radius 3 is 1.22 bits per heavy atom. The van der Waals surface area contributed by atoms with Crippen molar-refractivity contribution in [2.75, 3.05) is 11.5 Å². The minimum atomic E-state index is -3.91. The first-order valence-corrected chi connectivity index (χ1v) is 14.4. The molecule has 0 atom stereocenters. The molecule has 0 aliphatic heterocycles. The summed E-state index contributed by atoms with van der Waals surface area (Å²) in [4.78, 5) is 9.63. The van der Waals surface area contributed by atoms with Gasteiger partial charge < -0.3 is 4.89 Å². The zero-order chi connectivity index (χ0) is 20.1. The van der Waals surface area contributed by atoms with E-state index in [0.717, 1.165) is 61.3 Å². The molecule has 0 amide bonds. The summed E-state index contributed by atoms with van der Waals surface area (Å²) in [5.41, 5.74) is 0. The molecule has 0 heterocycles. The molecule has 164 valence electrons. The predicted octanol–water partition coefficient (Wildman–Crippen LogP) is 8.70. The smallest absolute Gasteiger partial charge is 0.301 e. The Morgan fingerprint density at radius 2 is 0.889 bits per heavy atom. The number of unbranched alkanes of at least 4 members (excludes halogenated alkanes) is 14. The van der Waals surface area contributed by atoms with Crippen LogP contribution < -0.4 is 0 Å². The van der Waals surface area contributed by atoms with Crippen LogP contribution >= 0.6 is 31.9 Å². The first kappa shape index (κ1) is 27.8. The number of hydrogen-bond acceptors (Lipinski definition) is 5. The summed E-state index contributed by atoms with van der Waals surface area (Å²) in [6.07, 6.45) is 20.0. The quantitative estimate of drug-likeness (QED) is 0.103. The second-order valence-corrected chi connectivity index (χ2v) is 10.6. The molecule has 1 N–H and O–H groups in total. The largest absolute Gasteiger partial charge is 0.494 e. The molecule has 0 fully saturated rings. The summed E-state index contributed by atoms with van der Waals surface area (Å²) >= 11 is 2.12. The zero-order valence-corrected chi connectivity index (χ0v) is 20.2. The molecule has 27 heavy (non-hydrogen) atoms. The van der Waals surface area contributed by atoms with Gasteiger partial charge in [0, 0.05) is 35.6 Å². The molecule has 0 bridgehead atoms. The van der Waals surface area contributed by atoms with Crippen LogP contribution in [0.2, 0.25) is 0 Å². The maximum absolute atomic E-state index is 11.8. The zero-order valence-electron chi connectivity index (χ0n) is 17.7. The van der Waals surface area contributed by atoms with Gasteiger partial charge in [-0.15, -0.1) is 0 Å². The molecule has 0 aromatic carbocycles. The van der Waals surface area contributed by atoms with Crippen LogP contribution in [0, 0.1) is 0 Å². The fraction of sp³-hybridized carbons (Fsp3) is 1.00. The van der Waals surface area contributed by atoms with Gasteiger partial charge in [-0.05, 0) is 12.8 Å². The minimum Gasteiger partial charge on any atom is -0.301 e. The summed E-state index contributed by atoms with van der Waals surface area (Å²) in [5.74, 6) is 1.48. The standard InChI is InChI=1S/C20H43O4PS2/c1-3-5-7-9-11-13-15-17-19-26-23-25(21,22)24-27-20-18-16-14-12-10-8-6-4-2/h3-20H2,1-2H3,(H,21,22). The van der Waals surface area contributed by atoms with E-state index in [1.54, 1.807) is 0 Å². The van der Waals surface area contributed by atoms with Crippen molar-refractivity contribution >= 4 is 31.9 Å². The molecule has 0 aromatic heterocycles. The van der Waals surface area contributed by atoms with Crippen LogP contribution in [0.5, 0.6) is 0 Å². The molecular weight excluding hydrogens is 399 g/mol. The Balaban J connectivity index is 3.32. The Hall–Kier alpha value is 0.810. The molecule has 4 nitrogen and oxygen atoms in total. The fourth-order valence-corrected chi connectivity index (χ4v) is 5.44. The van der Waals surface area contributed by atoms with Crippen LogP contribution in [0.4, 0.5) is 0 Å². The fourth-order valence-electron chi connectivity index (χ4n) is 2.81. The molecule has 0 aliphatic carbocycles. The summed E-state index contributed by atoms with van der Waals surface area (Å²) in [5, 5.41) is 0. The van der Waals surface area contributed by atoms with E-state index in [-0.39, 0.29) is 0 Å². The number of phosphoric acid groups is 1. The molecule has 0 saturated carbocycles. The van der Waals surface area contributed by atoms with Crippen LogP contribution in [0.3, 0.4) is 0 Å². The van der Waals surface area contributed by atoms with Gasteiger partial charge in [0.25, 0.3) is 0 Å². The van der Waals surface area contributed by atoms with Crippen molar-refractivity contribution in [3.63, 3.8) is 0 Å². The second-order valence-electron chi connectivity index (χ2n) is 7.21. The highest BCUT2D eigenvalue weighted by Crippen LogP contribution is 2.50. The molecule has 0 aliphatic rings. The van der Waals surface area contributed by atoms with Crippen molar-refractivity contribution in [2.45, 2.75) is 117 Å². The Bertz CT molecular complexity index is 318. The maximum atomic E-state index is 11.8. The van der Waals surface area contributed by atoms with E-state index in [4.69, 9.17) is 7.94 Å². The molecule has 0 unspecified atom stereocenters. The van der Waals surface area contributed by atoms with Gasteiger partial charge in [-0.1, -0.05) is 104 Å². The van der Waals surface area contributed by atoms with Gasteiger partial charge in [-0.3, -0.25) is 0 Å². The SMILES string of the molecule is CCCCCCCCCCSOP(=O)(O)OSCCCCCCCCCC. The Labute approximate surface area is 177 Å². The summed E-state index contributed by atoms with van der Waals surface area (Å²) in [6.45, 7) is 4.46. The Morgan fingerprint density at radius 1 is 0.593 bits per heavy atom. The van der Waals surface area contributed by atoms with Crippen molar-refractivity contribution in [2.24, 2.45) is 0 Å². The van der Waals surface area contributed by atoms with Crippen molar-refractivity contribution in [1.29, 1.82) is 0 Å². The Kier molecular flexibility index (Phi) is 22.2. The van der Waals surface area contributed by atoms with Gasteiger partial charge in [0.05, 0.1) is 0 Å². The van der Waals surface area contributed by atoms with Gasteiger partial charge in [0.2, 0.25) is 0 Å². The average molecular weight is 443 g/mol. The third-order valence-corrected chi connectivity index (χ3v) is 7.72. The van der Waals surface area contributed by atoms with E-state index in [9.17, 15) is 9.46 Å². The minimum absolute atomic E-state index is 0.742. The lowest BCUT2D eigenvalue weighted by Crippen LogP contribution is -1.89. The van der Waals surface area contributed by atoms with E-state index >= 15 is 0 Å². The van der Waals surface area contributed by atoms with Gasteiger partial charge in [0.15, 0.2) is 0 Å². The van der Waals surface area contributed by atoms with Gasteiger partial charge >= 0.3 is 7.82 Å². The molecule has 0 saturated heterocycles. The summed E-state index contributed by atoms with van der Waals surface area (Å²) < 4.78 is 21.7. The van der Waals surface area contributed by atoms with Crippen LogP contribution in [0.25, 0.3) is 0 Å². The molecule has 0 spiro atoms. The van der Waals surface area contributed by atoms with Gasteiger partial charge in [-0.2, -0.15) is 0 Å². The van der Waals surface area contributed by atoms with Gasteiger partial charge in [0.1, 0.15) is 0 Å². The highest BCUT2D eigenvalue weighted by Gasteiger charge is 2.22. The summed E-state index contributed by atoms with van der Waals surface area (Å²) in [7, 11) is -3.91. The molecular formula is C20H43O4PS2. The van der Waals surface area contributed by atoms with E-state index in [1.807, 2.05) is 0 Å². The van der Waals surface area contributed by atoms with Crippen LogP contribution in [-0.2, 0) is 12.5 Å². The molecule has 0 rings (SSSR count). The third-order valence-electron chi connectivity index (χ3n) is 4.46. The lowest BCUT2D eigenvalue weighted by atomic mass is 10.1. The van der Waals surface area contributed by atoms with E-state index < -0.39 is 7.82 Å². The second kappa shape index (κ2) is 21.5. The van der Waals surface area contributed by atoms with Crippen molar-refractivity contribution in [3.8, 4) is 0 Å². The molecule has 7 heteroatoms. The van der Waals surface area contributed by atoms with Crippen molar-refractivity contribution in [1.82, 2.24) is 0 Å². The number of hydrogen-bond donors (Lipinski definition) is 1. The maximum Gasteiger partial charge on any atom is 0.494 e. The lowest BCUT2D eigenvalue weighted by molar-refractivity contribution is 0.323.